The van der Waals surface area contributed by atoms with Crippen molar-refractivity contribution in [1.82, 2.24) is 4.90 Å². The normalized spacial score (nSPS) is 38.0. The second kappa shape index (κ2) is 5.87. The zero-order valence-corrected chi connectivity index (χ0v) is 14.8. The molecule has 2 bridgehead atoms. The third-order valence-corrected chi connectivity index (χ3v) is 7.10. The number of hydrogen-bond acceptors (Lipinski definition) is 2. The summed E-state index contributed by atoms with van der Waals surface area (Å²) < 4.78 is 0. The number of hydrogen-bond donors (Lipinski definition) is 1. The van der Waals surface area contributed by atoms with Crippen LogP contribution in [0.15, 0.2) is 30.3 Å². The van der Waals surface area contributed by atoms with E-state index in [4.69, 9.17) is 5.73 Å². The first-order valence-electron chi connectivity index (χ1n) is 9.58. The molecule has 3 heteroatoms. The van der Waals surface area contributed by atoms with Crippen molar-refractivity contribution in [2.24, 2.45) is 28.4 Å². The van der Waals surface area contributed by atoms with Crippen LogP contribution in [-0.2, 0) is 11.2 Å². The second-order valence-electron chi connectivity index (χ2n) is 8.89. The lowest BCUT2D eigenvalue weighted by atomic mass is 9.68. The fourth-order valence-corrected chi connectivity index (χ4v) is 5.64. The van der Waals surface area contributed by atoms with Crippen molar-refractivity contribution in [3.05, 3.63) is 35.9 Å². The Hall–Kier alpha value is -1.35. The maximum Gasteiger partial charge on any atom is 0.229 e. The maximum atomic E-state index is 13.7. The molecule has 0 radical (unpaired) electrons. The van der Waals surface area contributed by atoms with Crippen molar-refractivity contribution in [3.8, 4) is 0 Å². The Morgan fingerprint density at radius 3 is 2.67 bits per heavy atom. The molecule has 0 spiro atoms. The molecule has 3 fully saturated rings. The molecule has 1 heterocycles. The Morgan fingerprint density at radius 1 is 1.29 bits per heavy atom. The lowest BCUT2D eigenvalue weighted by Crippen LogP contribution is -2.48. The van der Waals surface area contributed by atoms with E-state index < -0.39 is 0 Å². The first-order chi connectivity index (χ1) is 11.5. The molecule has 4 rings (SSSR count). The monoisotopic (exact) mass is 326 g/mol. The number of nitrogens with two attached hydrogens (primary N) is 1. The Balaban J connectivity index is 1.61. The van der Waals surface area contributed by atoms with Gasteiger partial charge in [-0.15, -0.1) is 0 Å². The highest BCUT2D eigenvalue weighted by Crippen LogP contribution is 2.58. The lowest BCUT2D eigenvalue weighted by molar-refractivity contribution is -0.144. The number of benzene rings is 1. The zero-order chi connectivity index (χ0) is 16.8. The molecule has 4 unspecified atom stereocenters. The van der Waals surface area contributed by atoms with E-state index in [0.717, 1.165) is 38.3 Å². The van der Waals surface area contributed by atoms with Crippen LogP contribution in [0.1, 0.15) is 44.6 Å². The summed E-state index contributed by atoms with van der Waals surface area (Å²) in [5, 5.41) is 0. The summed E-state index contributed by atoms with van der Waals surface area (Å²) in [5.74, 6) is 1.78. The minimum Gasteiger partial charge on any atom is -0.342 e. The van der Waals surface area contributed by atoms with Gasteiger partial charge in [0.15, 0.2) is 0 Å². The highest BCUT2D eigenvalue weighted by atomic mass is 16.2. The van der Waals surface area contributed by atoms with Crippen LogP contribution in [0.4, 0.5) is 0 Å². The molecule has 1 saturated heterocycles. The average Bonchev–Trinajstić information content (AvgIpc) is 3.30. The van der Waals surface area contributed by atoms with Crippen molar-refractivity contribution >= 4 is 5.91 Å². The number of fused-ring (bicyclic) bond motifs is 2. The van der Waals surface area contributed by atoms with Crippen molar-refractivity contribution in [2.75, 3.05) is 19.6 Å². The van der Waals surface area contributed by atoms with Crippen molar-refractivity contribution in [1.29, 1.82) is 0 Å². The molecule has 2 aliphatic carbocycles. The van der Waals surface area contributed by atoms with Crippen LogP contribution in [0.3, 0.4) is 0 Å². The summed E-state index contributed by atoms with van der Waals surface area (Å²) in [4.78, 5) is 15.8. The van der Waals surface area contributed by atoms with E-state index in [1.807, 2.05) is 0 Å². The molecule has 1 aliphatic heterocycles. The third kappa shape index (κ3) is 2.57. The van der Waals surface area contributed by atoms with Gasteiger partial charge in [0.05, 0.1) is 5.41 Å². The first kappa shape index (κ1) is 16.1. The molecule has 4 atom stereocenters. The molecule has 1 aromatic rings. The van der Waals surface area contributed by atoms with Crippen LogP contribution in [0.2, 0.25) is 0 Å². The molecule has 0 aromatic heterocycles. The lowest BCUT2D eigenvalue weighted by Gasteiger charge is -2.40. The number of rotatable bonds is 4. The van der Waals surface area contributed by atoms with Crippen LogP contribution in [0.25, 0.3) is 0 Å². The minimum atomic E-state index is -0.149. The van der Waals surface area contributed by atoms with Crippen LogP contribution >= 0.6 is 0 Å². The van der Waals surface area contributed by atoms with Crippen LogP contribution in [0.5, 0.6) is 0 Å². The Labute approximate surface area is 145 Å². The number of carbonyl (C=O) groups is 1. The van der Waals surface area contributed by atoms with Gasteiger partial charge in [-0.1, -0.05) is 43.7 Å². The van der Waals surface area contributed by atoms with Gasteiger partial charge in [0.25, 0.3) is 0 Å². The average molecular weight is 326 g/mol. The molecule has 130 valence electrons. The predicted octanol–water partition coefficient (Wildman–Crippen LogP) is 3.23. The van der Waals surface area contributed by atoms with E-state index in [0.29, 0.717) is 18.4 Å². The van der Waals surface area contributed by atoms with E-state index in [2.05, 4.69) is 42.2 Å². The Kier molecular flexibility index (Phi) is 3.95. The van der Waals surface area contributed by atoms with E-state index in [1.54, 1.807) is 0 Å². The molecule has 24 heavy (non-hydrogen) atoms. The highest BCUT2D eigenvalue weighted by molar-refractivity contribution is 5.84. The molecule has 3 nitrogen and oxygen atoms in total. The summed E-state index contributed by atoms with van der Waals surface area (Å²) >= 11 is 0. The maximum absolute atomic E-state index is 13.7. The molecule has 2 N–H and O–H groups in total. The molecule has 3 aliphatic rings. The third-order valence-electron chi connectivity index (χ3n) is 7.10. The molecule has 1 amide bonds. The van der Waals surface area contributed by atoms with Gasteiger partial charge in [-0.25, -0.2) is 0 Å². The molecule has 2 saturated carbocycles. The SMILES string of the molecule is CC1(CN)CCN(C(=O)C2(Cc3ccccc3)CC3CCC2C3)C1. The van der Waals surface area contributed by atoms with Gasteiger partial charge < -0.3 is 10.6 Å². The van der Waals surface area contributed by atoms with Gasteiger partial charge in [-0.2, -0.15) is 0 Å². The van der Waals surface area contributed by atoms with Gasteiger partial charge in [-0.05, 0) is 61.5 Å². The number of likely N-dealkylation sites (tertiary alicyclic amines) is 1. The van der Waals surface area contributed by atoms with Gasteiger partial charge in [0, 0.05) is 13.1 Å². The predicted molar refractivity (Wildman–Crippen MR) is 96.4 cm³/mol. The van der Waals surface area contributed by atoms with E-state index in [-0.39, 0.29) is 10.8 Å². The van der Waals surface area contributed by atoms with E-state index in [1.165, 1.54) is 24.8 Å². The number of nitrogens with zero attached hydrogens (tertiary/aromatic N) is 1. The van der Waals surface area contributed by atoms with E-state index in [9.17, 15) is 4.79 Å². The molecular formula is C21H30N2O. The molecular weight excluding hydrogens is 296 g/mol. The molecule has 1 aromatic carbocycles. The first-order valence-corrected chi connectivity index (χ1v) is 9.58. The number of amides is 1. The van der Waals surface area contributed by atoms with Crippen LogP contribution in [-0.4, -0.2) is 30.4 Å². The standard InChI is InChI=1S/C21H30N2O/c1-20(14-22)9-10-23(15-20)19(24)21(12-16-5-3-2-4-6-16)13-17-7-8-18(21)11-17/h2-6,17-18H,7-15,22H2,1H3. The summed E-state index contributed by atoms with van der Waals surface area (Å²) in [5.41, 5.74) is 7.25. The van der Waals surface area contributed by atoms with Crippen LogP contribution < -0.4 is 5.73 Å². The van der Waals surface area contributed by atoms with E-state index >= 15 is 0 Å². The van der Waals surface area contributed by atoms with Crippen molar-refractivity contribution in [3.63, 3.8) is 0 Å². The number of carbonyl (C=O) groups excluding carboxylic acids is 1. The zero-order valence-electron chi connectivity index (χ0n) is 14.8. The summed E-state index contributed by atoms with van der Waals surface area (Å²) in [6.45, 7) is 4.64. The Morgan fingerprint density at radius 2 is 2.08 bits per heavy atom. The van der Waals surface area contributed by atoms with Crippen LogP contribution in [0, 0.1) is 22.7 Å². The van der Waals surface area contributed by atoms with Crippen molar-refractivity contribution in [2.45, 2.75) is 45.4 Å². The van der Waals surface area contributed by atoms with Gasteiger partial charge in [0.1, 0.15) is 0 Å². The highest BCUT2D eigenvalue weighted by Gasteiger charge is 2.57. The van der Waals surface area contributed by atoms with Gasteiger partial charge in [0.2, 0.25) is 5.91 Å². The fourth-order valence-electron chi connectivity index (χ4n) is 5.64. The Bertz CT molecular complexity index is 616. The summed E-state index contributed by atoms with van der Waals surface area (Å²) in [6, 6.07) is 10.6. The minimum absolute atomic E-state index is 0.112. The van der Waals surface area contributed by atoms with Crippen molar-refractivity contribution < 1.29 is 4.79 Å². The second-order valence-corrected chi connectivity index (χ2v) is 8.89. The summed E-state index contributed by atoms with van der Waals surface area (Å²) in [6.07, 6.45) is 6.90. The quantitative estimate of drug-likeness (QED) is 0.923. The topological polar surface area (TPSA) is 46.3 Å². The smallest absolute Gasteiger partial charge is 0.229 e. The fraction of sp³-hybridized carbons (Fsp3) is 0.667. The largest absolute Gasteiger partial charge is 0.342 e. The summed E-state index contributed by atoms with van der Waals surface area (Å²) in [7, 11) is 0. The van der Waals surface area contributed by atoms with Gasteiger partial charge in [-0.3, -0.25) is 4.79 Å². The van der Waals surface area contributed by atoms with Gasteiger partial charge >= 0.3 is 0 Å².